The lowest BCUT2D eigenvalue weighted by Gasteiger charge is -2.16. The van der Waals surface area contributed by atoms with Gasteiger partial charge in [0.05, 0.1) is 5.56 Å². The molecule has 0 saturated heterocycles. The fourth-order valence-corrected chi connectivity index (χ4v) is 3.60. The molecule has 10 heteroatoms. The summed E-state index contributed by atoms with van der Waals surface area (Å²) in [6.45, 7) is 4.81. The van der Waals surface area contributed by atoms with E-state index in [1.54, 1.807) is 48.6 Å². The van der Waals surface area contributed by atoms with Gasteiger partial charge < -0.3 is 24.1 Å². The molecule has 1 N–H and O–H groups in total. The predicted octanol–water partition coefficient (Wildman–Crippen LogP) is 4.92. The molecule has 200 valence electrons. The van der Waals surface area contributed by atoms with E-state index in [0.717, 1.165) is 6.92 Å². The Morgan fingerprint density at radius 1 is 0.615 bits per heavy atom. The third-order valence-corrected chi connectivity index (χ3v) is 4.94. The fourth-order valence-electron chi connectivity index (χ4n) is 3.60. The second-order valence-corrected chi connectivity index (χ2v) is 8.19. The van der Waals surface area contributed by atoms with Crippen LogP contribution < -0.4 is 18.9 Å². The van der Waals surface area contributed by atoms with Gasteiger partial charge in [0.15, 0.2) is 11.5 Å². The van der Waals surface area contributed by atoms with Crippen LogP contribution in [-0.2, 0) is 19.2 Å². The molecule has 0 aromatic heterocycles. The first-order chi connectivity index (χ1) is 18.4. The van der Waals surface area contributed by atoms with E-state index in [0.29, 0.717) is 16.7 Å². The zero-order valence-electron chi connectivity index (χ0n) is 21.5. The summed E-state index contributed by atoms with van der Waals surface area (Å²) in [6.07, 6.45) is 3.43. The molecule has 3 aromatic carbocycles. The number of ether oxygens (including phenoxy) is 4. The first-order valence-corrected chi connectivity index (χ1v) is 11.5. The van der Waals surface area contributed by atoms with Gasteiger partial charge in [0.1, 0.15) is 11.5 Å². The Bertz CT molecular complexity index is 1450. The highest BCUT2D eigenvalue weighted by Gasteiger charge is 2.23. The maximum absolute atomic E-state index is 12.0. The number of benzene rings is 3. The monoisotopic (exact) mass is 532 g/mol. The van der Waals surface area contributed by atoms with Crippen LogP contribution >= 0.6 is 0 Å². The fraction of sp³-hybridized carbons (Fsp3) is 0.138. The normalized spacial score (nSPS) is 10.6. The molecule has 0 aliphatic heterocycles. The quantitative estimate of drug-likeness (QED) is 0.241. The molecule has 3 rings (SSSR count). The van der Waals surface area contributed by atoms with Crippen molar-refractivity contribution in [1.29, 1.82) is 0 Å². The van der Waals surface area contributed by atoms with Crippen LogP contribution in [0.15, 0.2) is 54.6 Å². The SMILES string of the molecule is CC(=O)Oc1cc(/C=C/c2ccc(-c3c(C(=O)O)ccc(OC(C)=O)c3OC(C)=O)cc2)cc(OC(C)=O)c1. The average molecular weight is 533 g/mol. The van der Waals surface area contributed by atoms with Gasteiger partial charge in [-0.3, -0.25) is 19.2 Å². The van der Waals surface area contributed by atoms with Crippen LogP contribution in [0, 0.1) is 0 Å². The van der Waals surface area contributed by atoms with E-state index in [1.165, 1.54) is 39.0 Å². The largest absolute Gasteiger partial charge is 0.478 e. The summed E-state index contributed by atoms with van der Waals surface area (Å²) in [5.74, 6) is -3.64. The van der Waals surface area contributed by atoms with Gasteiger partial charge in [0, 0.05) is 39.3 Å². The van der Waals surface area contributed by atoms with E-state index in [2.05, 4.69) is 0 Å². The summed E-state index contributed by atoms with van der Waals surface area (Å²) in [6, 6.07) is 13.7. The summed E-state index contributed by atoms with van der Waals surface area (Å²) in [7, 11) is 0. The summed E-state index contributed by atoms with van der Waals surface area (Å²) < 4.78 is 20.6. The van der Waals surface area contributed by atoms with Crippen molar-refractivity contribution in [2.45, 2.75) is 27.7 Å². The second kappa shape index (κ2) is 12.3. The van der Waals surface area contributed by atoms with E-state index in [1.807, 2.05) is 0 Å². The van der Waals surface area contributed by atoms with Crippen molar-refractivity contribution in [3.63, 3.8) is 0 Å². The molecule has 0 radical (unpaired) electrons. The number of aromatic carboxylic acids is 1. The summed E-state index contributed by atoms with van der Waals surface area (Å²) >= 11 is 0. The van der Waals surface area contributed by atoms with Gasteiger partial charge in [-0.1, -0.05) is 36.4 Å². The molecule has 3 aromatic rings. The number of rotatable bonds is 8. The third kappa shape index (κ3) is 7.86. The molecule has 0 bridgehead atoms. The first-order valence-electron chi connectivity index (χ1n) is 11.5. The maximum atomic E-state index is 12.0. The lowest BCUT2D eigenvalue weighted by Crippen LogP contribution is -2.10. The van der Waals surface area contributed by atoms with Crippen LogP contribution in [0.4, 0.5) is 0 Å². The molecule has 0 aliphatic carbocycles. The van der Waals surface area contributed by atoms with Gasteiger partial charge in [0.2, 0.25) is 0 Å². The topological polar surface area (TPSA) is 143 Å². The molecule has 0 atom stereocenters. The highest BCUT2D eigenvalue weighted by Crippen LogP contribution is 2.41. The number of hydrogen-bond acceptors (Lipinski definition) is 9. The smallest absolute Gasteiger partial charge is 0.336 e. The number of carbonyl (C=O) groups is 5. The molecule has 39 heavy (non-hydrogen) atoms. The molecule has 0 heterocycles. The van der Waals surface area contributed by atoms with Crippen molar-refractivity contribution < 1.29 is 48.0 Å². The van der Waals surface area contributed by atoms with Crippen molar-refractivity contribution in [3.8, 4) is 34.1 Å². The van der Waals surface area contributed by atoms with E-state index in [-0.39, 0.29) is 34.1 Å². The number of carboxylic acids is 1. The number of esters is 4. The highest BCUT2D eigenvalue weighted by molar-refractivity contribution is 6.00. The van der Waals surface area contributed by atoms with Crippen molar-refractivity contribution in [1.82, 2.24) is 0 Å². The predicted molar refractivity (Wildman–Crippen MR) is 139 cm³/mol. The first kappa shape index (κ1) is 28.3. The Labute approximate surface area is 223 Å². The van der Waals surface area contributed by atoms with E-state index < -0.39 is 29.8 Å². The number of hydrogen-bond donors (Lipinski definition) is 1. The van der Waals surface area contributed by atoms with Crippen LogP contribution in [0.3, 0.4) is 0 Å². The van der Waals surface area contributed by atoms with Crippen molar-refractivity contribution in [2.75, 3.05) is 0 Å². The molecule has 0 saturated carbocycles. The molecule has 0 amide bonds. The van der Waals surface area contributed by atoms with Gasteiger partial charge >= 0.3 is 29.8 Å². The van der Waals surface area contributed by atoms with Gasteiger partial charge in [-0.2, -0.15) is 0 Å². The average Bonchev–Trinajstić information content (AvgIpc) is 2.82. The van der Waals surface area contributed by atoms with E-state index in [9.17, 15) is 29.1 Å². The van der Waals surface area contributed by atoms with Crippen LogP contribution in [0.25, 0.3) is 23.3 Å². The van der Waals surface area contributed by atoms with E-state index in [4.69, 9.17) is 18.9 Å². The third-order valence-electron chi connectivity index (χ3n) is 4.94. The molecule has 0 fully saturated rings. The van der Waals surface area contributed by atoms with Gasteiger partial charge in [-0.05, 0) is 41.0 Å². The Morgan fingerprint density at radius 2 is 1.13 bits per heavy atom. The molecular formula is C29H24O10. The van der Waals surface area contributed by atoms with Gasteiger partial charge in [-0.15, -0.1) is 0 Å². The van der Waals surface area contributed by atoms with Crippen LogP contribution in [-0.4, -0.2) is 35.0 Å². The Balaban J connectivity index is 2.01. The molecule has 10 nitrogen and oxygen atoms in total. The Hall–Kier alpha value is -5.25. The van der Waals surface area contributed by atoms with Crippen LogP contribution in [0.2, 0.25) is 0 Å². The standard InChI is InChI=1S/C29H24O10/c1-16(30)36-23-13-21(14-24(15-23)37-17(2)31)6-5-20-7-9-22(10-8-20)27-25(29(34)35)11-12-26(38-18(3)32)28(27)39-19(4)33/h5-15H,1-4H3,(H,34,35)/b6-5+. The number of carboxylic acid groups (broad SMARTS) is 1. The lowest BCUT2D eigenvalue weighted by atomic mass is 9.96. The van der Waals surface area contributed by atoms with Crippen LogP contribution in [0.5, 0.6) is 23.0 Å². The Morgan fingerprint density at radius 3 is 1.62 bits per heavy atom. The number of carbonyl (C=O) groups excluding carboxylic acids is 4. The Kier molecular flexibility index (Phi) is 8.95. The molecule has 0 aliphatic rings. The second-order valence-electron chi connectivity index (χ2n) is 8.19. The minimum absolute atomic E-state index is 0.0621. The maximum Gasteiger partial charge on any atom is 0.336 e. The van der Waals surface area contributed by atoms with E-state index >= 15 is 0 Å². The summed E-state index contributed by atoms with van der Waals surface area (Å²) in [5, 5.41) is 9.76. The lowest BCUT2D eigenvalue weighted by molar-refractivity contribution is -0.134. The van der Waals surface area contributed by atoms with Gasteiger partial charge in [-0.25, -0.2) is 4.79 Å². The van der Waals surface area contributed by atoms with Crippen LogP contribution in [0.1, 0.15) is 49.2 Å². The summed E-state index contributed by atoms with van der Waals surface area (Å²) in [4.78, 5) is 58.0. The zero-order valence-corrected chi connectivity index (χ0v) is 21.5. The van der Waals surface area contributed by atoms with Gasteiger partial charge in [0.25, 0.3) is 0 Å². The zero-order chi connectivity index (χ0) is 28.7. The minimum Gasteiger partial charge on any atom is -0.478 e. The van der Waals surface area contributed by atoms with Crippen molar-refractivity contribution in [2.24, 2.45) is 0 Å². The summed E-state index contributed by atoms with van der Waals surface area (Å²) in [5.41, 5.74) is 1.57. The highest BCUT2D eigenvalue weighted by atomic mass is 16.6. The van der Waals surface area contributed by atoms with Crippen molar-refractivity contribution in [3.05, 3.63) is 71.3 Å². The molecule has 0 spiro atoms. The van der Waals surface area contributed by atoms with Crippen molar-refractivity contribution >= 4 is 42.0 Å². The molecular weight excluding hydrogens is 508 g/mol. The minimum atomic E-state index is -1.27. The molecule has 0 unspecified atom stereocenters.